The van der Waals surface area contributed by atoms with Crippen LogP contribution in [0.25, 0.3) is 0 Å². The summed E-state index contributed by atoms with van der Waals surface area (Å²) >= 11 is 0. The van der Waals surface area contributed by atoms with Gasteiger partial charge in [-0.1, -0.05) is 0 Å². The molecule has 0 aromatic carbocycles. The number of nitro groups is 1. The second-order valence-electron chi connectivity index (χ2n) is 4.43. The number of nitrogens with zero attached hydrogens (tertiary/aromatic N) is 3. The maximum atomic E-state index is 10.5. The van der Waals surface area contributed by atoms with Gasteiger partial charge in [-0.15, -0.1) is 0 Å². The molecule has 1 unspecified atom stereocenters. The van der Waals surface area contributed by atoms with E-state index in [2.05, 4.69) is 17.1 Å². The van der Waals surface area contributed by atoms with Crippen LogP contribution in [0.3, 0.4) is 0 Å². The van der Waals surface area contributed by atoms with Gasteiger partial charge in [-0.25, -0.2) is 0 Å². The van der Waals surface area contributed by atoms with E-state index in [0.717, 1.165) is 32.5 Å². The highest BCUT2D eigenvalue weighted by molar-refractivity contribution is 5.00. The van der Waals surface area contributed by atoms with Crippen molar-refractivity contribution in [2.45, 2.75) is 25.8 Å². The molecule has 0 radical (unpaired) electrons. The lowest BCUT2D eigenvalue weighted by atomic mass is 10.2. The van der Waals surface area contributed by atoms with Gasteiger partial charge in [-0.2, -0.15) is 0 Å². The second kappa shape index (κ2) is 4.69. The first-order chi connectivity index (χ1) is 7.66. The Morgan fingerprint density at radius 3 is 3.06 bits per heavy atom. The zero-order valence-electron chi connectivity index (χ0n) is 9.56. The lowest BCUT2D eigenvalue weighted by Crippen LogP contribution is -2.38. The Balaban J connectivity index is 1.95. The molecular formula is C10H18N4O2. The minimum atomic E-state index is -0.395. The van der Waals surface area contributed by atoms with Crippen molar-refractivity contribution in [3.05, 3.63) is 22.1 Å². The quantitative estimate of drug-likeness (QED) is 0.558. The molecule has 2 saturated heterocycles. The van der Waals surface area contributed by atoms with Crippen molar-refractivity contribution in [1.82, 2.24) is 15.1 Å². The van der Waals surface area contributed by atoms with Crippen molar-refractivity contribution in [2.75, 3.05) is 26.3 Å². The zero-order valence-corrected chi connectivity index (χ0v) is 9.56. The molecule has 2 heterocycles. The summed E-state index contributed by atoms with van der Waals surface area (Å²) in [4.78, 5) is 14.5. The van der Waals surface area contributed by atoms with E-state index < -0.39 is 4.92 Å². The van der Waals surface area contributed by atoms with Crippen LogP contribution in [-0.4, -0.2) is 47.1 Å². The molecule has 2 aliphatic rings. The highest BCUT2D eigenvalue weighted by atomic mass is 16.6. The van der Waals surface area contributed by atoms with Gasteiger partial charge in [0.1, 0.15) is 0 Å². The average molecular weight is 226 g/mol. The summed E-state index contributed by atoms with van der Waals surface area (Å²) in [6.07, 6.45) is 3.53. The normalized spacial score (nSPS) is 28.7. The molecule has 2 fully saturated rings. The van der Waals surface area contributed by atoms with E-state index in [0.29, 0.717) is 11.9 Å². The van der Waals surface area contributed by atoms with Crippen LogP contribution in [0.15, 0.2) is 12.0 Å². The Labute approximate surface area is 95.0 Å². The number of likely N-dealkylation sites (tertiary alicyclic amines) is 1. The van der Waals surface area contributed by atoms with Crippen LogP contribution in [0.4, 0.5) is 0 Å². The minimum Gasteiger partial charge on any atom is -0.365 e. The van der Waals surface area contributed by atoms with Crippen molar-refractivity contribution in [2.24, 2.45) is 0 Å². The zero-order chi connectivity index (χ0) is 11.5. The summed E-state index contributed by atoms with van der Waals surface area (Å²) in [5, 5.41) is 13.5. The van der Waals surface area contributed by atoms with Crippen LogP contribution < -0.4 is 5.32 Å². The number of rotatable bonds is 3. The van der Waals surface area contributed by atoms with Crippen molar-refractivity contribution < 1.29 is 4.92 Å². The smallest absolute Gasteiger partial charge is 0.274 e. The molecule has 16 heavy (non-hydrogen) atoms. The van der Waals surface area contributed by atoms with Crippen LogP contribution in [-0.2, 0) is 0 Å². The van der Waals surface area contributed by atoms with Crippen LogP contribution in [0.1, 0.15) is 19.8 Å². The summed E-state index contributed by atoms with van der Waals surface area (Å²) in [5.41, 5.74) is 0. The highest BCUT2D eigenvalue weighted by Crippen LogP contribution is 2.18. The summed E-state index contributed by atoms with van der Waals surface area (Å²) in [6.45, 7) is 5.76. The molecule has 1 atom stereocenters. The molecular weight excluding hydrogens is 208 g/mol. The maximum absolute atomic E-state index is 10.5. The predicted octanol–water partition coefficient (Wildman–Crippen LogP) is 0.409. The van der Waals surface area contributed by atoms with Gasteiger partial charge in [0.25, 0.3) is 6.20 Å². The summed E-state index contributed by atoms with van der Waals surface area (Å²) in [6, 6.07) is 0.595. The fourth-order valence-electron chi connectivity index (χ4n) is 2.35. The molecule has 90 valence electrons. The Morgan fingerprint density at radius 2 is 2.44 bits per heavy atom. The van der Waals surface area contributed by atoms with Crippen LogP contribution in [0.2, 0.25) is 0 Å². The van der Waals surface area contributed by atoms with Gasteiger partial charge in [-0.05, 0) is 19.8 Å². The molecule has 2 rings (SSSR count). The number of nitrogens with one attached hydrogen (secondary N) is 1. The standard InChI is InChI=1S/C10H18N4O2/c1-9-3-2-5-12(9)8-13-6-4-11-10(13)7-14(15)16/h7,9,11H,2-6,8H2,1H3/b10-7+. The maximum Gasteiger partial charge on any atom is 0.274 e. The van der Waals surface area contributed by atoms with Crippen molar-refractivity contribution in [3.8, 4) is 0 Å². The fraction of sp³-hybridized carbons (Fsp3) is 0.800. The topological polar surface area (TPSA) is 61.6 Å². The molecule has 0 saturated carbocycles. The van der Waals surface area contributed by atoms with E-state index in [9.17, 15) is 10.1 Å². The predicted molar refractivity (Wildman–Crippen MR) is 60.1 cm³/mol. The minimum absolute atomic E-state index is 0.395. The van der Waals surface area contributed by atoms with Crippen molar-refractivity contribution >= 4 is 0 Å². The summed E-state index contributed by atoms with van der Waals surface area (Å²) in [5.74, 6) is 0.643. The molecule has 0 spiro atoms. The van der Waals surface area contributed by atoms with Crippen LogP contribution in [0, 0.1) is 10.1 Å². The summed E-state index contributed by atoms with van der Waals surface area (Å²) in [7, 11) is 0. The van der Waals surface area contributed by atoms with E-state index >= 15 is 0 Å². The molecule has 0 aromatic rings. The Bertz CT molecular complexity index is 305. The van der Waals surface area contributed by atoms with Gasteiger partial charge < -0.3 is 10.2 Å². The van der Waals surface area contributed by atoms with E-state index in [1.54, 1.807) is 0 Å². The summed E-state index contributed by atoms with van der Waals surface area (Å²) < 4.78 is 0. The van der Waals surface area contributed by atoms with Gasteiger partial charge in [-0.3, -0.25) is 15.0 Å². The van der Waals surface area contributed by atoms with Gasteiger partial charge >= 0.3 is 0 Å². The first-order valence-electron chi connectivity index (χ1n) is 5.75. The SMILES string of the molecule is CC1CCCN1CN1CCN/C1=C\[N+](=O)[O-]. The third kappa shape index (κ3) is 2.44. The molecule has 2 aliphatic heterocycles. The lowest BCUT2D eigenvalue weighted by Gasteiger charge is -2.27. The highest BCUT2D eigenvalue weighted by Gasteiger charge is 2.26. The molecule has 6 heteroatoms. The largest absolute Gasteiger partial charge is 0.365 e. The third-order valence-electron chi connectivity index (χ3n) is 3.30. The Morgan fingerprint density at radius 1 is 1.62 bits per heavy atom. The Hall–Kier alpha value is -1.30. The van der Waals surface area contributed by atoms with Gasteiger partial charge in [0.2, 0.25) is 0 Å². The van der Waals surface area contributed by atoms with Gasteiger partial charge in [0.05, 0.1) is 11.6 Å². The monoisotopic (exact) mass is 226 g/mol. The second-order valence-corrected chi connectivity index (χ2v) is 4.43. The molecule has 0 bridgehead atoms. The Kier molecular flexibility index (Phi) is 3.28. The van der Waals surface area contributed by atoms with E-state index in [1.165, 1.54) is 12.8 Å². The first kappa shape index (κ1) is 11.2. The third-order valence-corrected chi connectivity index (χ3v) is 3.30. The van der Waals surface area contributed by atoms with Crippen molar-refractivity contribution in [3.63, 3.8) is 0 Å². The molecule has 6 nitrogen and oxygen atoms in total. The molecule has 0 aliphatic carbocycles. The number of hydrogen-bond donors (Lipinski definition) is 1. The number of hydrogen-bond acceptors (Lipinski definition) is 5. The first-order valence-corrected chi connectivity index (χ1v) is 5.75. The van der Waals surface area contributed by atoms with E-state index in [1.807, 2.05) is 4.90 Å². The van der Waals surface area contributed by atoms with Crippen LogP contribution >= 0.6 is 0 Å². The van der Waals surface area contributed by atoms with E-state index in [4.69, 9.17) is 0 Å². The molecule has 1 N–H and O–H groups in total. The van der Waals surface area contributed by atoms with Crippen molar-refractivity contribution in [1.29, 1.82) is 0 Å². The van der Waals surface area contributed by atoms with Gasteiger partial charge in [0, 0.05) is 25.7 Å². The average Bonchev–Trinajstić information content (AvgIpc) is 2.78. The van der Waals surface area contributed by atoms with E-state index in [-0.39, 0.29) is 0 Å². The van der Waals surface area contributed by atoms with Gasteiger partial charge in [0.15, 0.2) is 5.82 Å². The lowest BCUT2D eigenvalue weighted by molar-refractivity contribution is -0.404. The molecule has 0 aromatic heterocycles. The fourth-order valence-corrected chi connectivity index (χ4v) is 2.35. The molecule has 0 amide bonds. The van der Waals surface area contributed by atoms with Crippen LogP contribution in [0.5, 0.6) is 0 Å².